The predicted octanol–water partition coefficient (Wildman–Crippen LogP) is 1.51. The highest BCUT2D eigenvalue weighted by atomic mass is 32.2. The molecule has 5 nitrogen and oxygen atoms in total. The Balaban J connectivity index is 2.00. The first-order chi connectivity index (χ1) is 10.8. The third-order valence-corrected chi connectivity index (χ3v) is 6.31. The number of benzene rings is 1. The molecule has 2 aliphatic heterocycles. The maximum Gasteiger partial charge on any atom is 0.244 e. The van der Waals surface area contributed by atoms with Crippen LogP contribution in [0.1, 0.15) is 25.8 Å². The van der Waals surface area contributed by atoms with E-state index in [1.54, 1.807) is 4.90 Å². The molecule has 126 valence electrons. The average molecular weight is 336 g/mol. The van der Waals surface area contributed by atoms with Gasteiger partial charge in [-0.25, -0.2) is 8.42 Å². The summed E-state index contributed by atoms with van der Waals surface area (Å²) in [5.74, 6) is 0.508. The monoisotopic (exact) mass is 336 g/mol. The summed E-state index contributed by atoms with van der Waals surface area (Å²) in [5.41, 5.74) is 1.86. The summed E-state index contributed by atoms with van der Waals surface area (Å²) < 4.78 is 24.2. The number of hydrogen-bond donors (Lipinski definition) is 1. The molecule has 1 N–H and O–H groups in total. The number of fused-ring (bicyclic) bond motifs is 1. The zero-order valence-electron chi connectivity index (χ0n) is 13.8. The van der Waals surface area contributed by atoms with Crippen LogP contribution in [0, 0.1) is 12.8 Å². The van der Waals surface area contributed by atoms with E-state index >= 15 is 0 Å². The van der Waals surface area contributed by atoms with Crippen LogP contribution in [0.15, 0.2) is 24.3 Å². The number of aryl methyl sites for hydroxylation is 1. The number of nitrogens with zero attached hydrogens (tertiary/aromatic N) is 1. The molecular formula is C17H24N2O3S. The van der Waals surface area contributed by atoms with Crippen molar-refractivity contribution in [2.24, 2.45) is 5.92 Å². The van der Waals surface area contributed by atoms with Crippen molar-refractivity contribution >= 4 is 21.4 Å². The molecule has 0 bridgehead atoms. The maximum absolute atomic E-state index is 13.0. The lowest BCUT2D eigenvalue weighted by atomic mass is 9.95. The van der Waals surface area contributed by atoms with Gasteiger partial charge in [-0.2, -0.15) is 0 Å². The average Bonchev–Trinajstić information content (AvgIpc) is 2.72. The van der Waals surface area contributed by atoms with Crippen molar-refractivity contribution in [3.05, 3.63) is 29.8 Å². The molecule has 3 atom stereocenters. The molecule has 1 aromatic carbocycles. The highest BCUT2D eigenvalue weighted by Gasteiger charge is 2.49. The number of amides is 1. The van der Waals surface area contributed by atoms with Gasteiger partial charge in [0, 0.05) is 11.7 Å². The Hall–Kier alpha value is -1.40. The van der Waals surface area contributed by atoms with Crippen LogP contribution in [0.5, 0.6) is 0 Å². The minimum atomic E-state index is -3.11. The molecule has 0 spiro atoms. The van der Waals surface area contributed by atoms with Crippen molar-refractivity contribution in [1.82, 2.24) is 5.32 Å². The fourth-order valence-corrected chi connectivity index (χ4v) is 5.54. The second-order valence-electron chi connectivity index (χ2n) is 7.15. The molecule has 2 saturated heterocycles. The molecule has 2 heterocycles. The van der Waals surface area contributed by atoms with Gasteiger partial charge in [-0.15, -0.1) is 0 Å². The Bertz CT molecular complexity index is 714. The smallest absolute Gasteiger partial charge is 0.244 e. The van der Waals surface area contributed by atoms with Crippen LogP contribution in [0.3, 0.4) is 0 Å². The van der Waals surface area contributed by atoms with Gasteiger partial charge in [0.15, 0.2) is 9.84 Å². The summed E-state index contributed by atoms with van der Waals surface area (Å²) in [6.07, 6.45) is 0.713. The fraction of sp³-hybridized carbons (Fsp3) is 0.588. The van der Waals surface area contributed by atoms with Gasteiger partial charge in [0.25, 0.3) is 0 Å². The van der Waals surface area contributed by atoms with Crippen molar-refractivity contribution < 1.29 is 13.2 Å². The first-order valence-corrected chi connectivity index (χ1v) is 9.95. The third-order valence-electron chi connectivity index (χ3n) is 4.59. The zero-order valence-corrected chi connectivity index (χ0v) is 14.6. The number of piperazine rings is 1. The van der Waals surface area contributed by atoms with Crippen LogP contribution in [0.2, 0.25) is 0 Å². The Morgan fingerprint density at radius 3 is 2.70 bits per heavy atom. The summed E-state index contributed by atoms with van der Waals surface area (Å²) in [4.78, 5) is 14.7. The number of carbonyl (C=O) groups is 1. The molecular weight excluding hydrogens is 312 g/mol. The number of rotatable bonds is 3. The number of sulfone groups is 1. The molecule has 0 aromatic heterocycles. The first kappa shape index (κ1) is 16.5. The van der Waals surface area contributed by atoms with Crippen molar-refractivity contribution in [3.63, 3.8) is 0 Å². The first-order valence-electron chi connectivity index (χ1n) is 8.13. The van der Waals surface area contributed by atoms with Crippen molar-refractivity contribution in [2.45, 2.75) is 45.3 Å². The summed E-state index contributed by atoms with van der Waals surface area (Å²) >= 11 is 0. The Morgan fingerprint density at radius 2 is 2.04 bits per heavy atom. The fourth-order valence-electron chi connectivity index (χ4n) is 3.64. The number of carbonyl (C=O) groups excluding carboxylic acids is 1. The number of nitrogens with one attached hydrogen (secondary N) is 1. The van der Waals surface area contributed by atoms with Crippen LogP contribution >= 0.6 is 0 Å². The second-order valence-corrected chi connectivity index (χ2v) is 9.30. The summed E-state index contributed by atoms with van der Waals surface area (Å²) in [6.45, 7) is 6.12. The molecule has 2 aliphatic rings. The van der Waals surface area contributed by atoms with Crippen LogP contribution in [-0.4, -0.2) is 44.0 Å². The quantitative estimate of drug-likeness (QED) is 0.909. The molecule has 23 heavy (non-hydrogen) atoms. The highest BCUT2D eigenvalue weighted by Crippen LogP contribution is 2.30. The third kappa shape index (κ3) is 3.28. The van der Waals surface area contributed by atoms with E-state index in [0.29, 0.717) is 12.3 Å². The van der Waals surface area contributed by atoms with Crippen molar-refractivity contribution in [1.29, 1.82) is 0 Å². The topological polar surface area (TPSA) is 66.5 Å². The molecule has 1 aromatic rings. The van der Waals surface area contributed by atoms with Crippen molar-refractivity contribution in [3.8, 4) is 0 Å². The van der Waals surface area contributed by atoms with Gasteiger partial charge in [0.1, 0.15) is 0 Å². The standard InChI is InChI=1S/C17H24N2O3S/c1-11(2)7-14-17(20)19(13-6-4-5-12(3)8-13)16-10-23(21,22)9-15(16)18-14/h4-6,8,11,14-16,18H,7,9-10H2,1-3H3/t14-,15+,16-/m0/s1. The van der Waals surface area contributed by atoms with E-state index in [2.05, 4.69) is 19.2 Å². The molecule has 2 fully saturated rings. The lowest BCUT2D eigenvalue weighted by Gasteiger charge is -2.42. The van der Waals surface area contributed by atoms with E-state index in [4.69, 9.17) is 0 Å². The number of hydrogen-bond acceptors (Lipinski definition) is 4. The Kier molecular flexibility index (Phi) is 4.23. The predicted molar refractivity (Wildman–Crippen MR) is 91.3 cm³/mol. The van der Waals surface area contributed by atoms with Crippen LogP contribution in [-0.2, 0) is 14.6 Å². The van der Waals surface area contributed by atoms with E-state index < -0.39 is 9.84 Å². The van der Waals surface area contributed by atoms with Gasteiger partial charge in [-0.05, 0) is 37.0 Å². The van der Waals surface area contributed by atoms with Crippen molar-refractivity contribution in [2.75, 3.05) is 16.4 Å². The minimum Gasteiger partial charge on any atom is -0.305 e. The SMILES string of the molecule is Cc1cccc(N2C(=O)[C@H](CC(C)C)N[C@@H]3CS(=O)(=O)C[C@@H]32)c1. The van der Waals surface area contributed by atoms with Gasteiger partial charge in [0.2, 0.25) is 5.91 Å². The molecule has 0 radical (unpaired) electrons. The maximum atomic E-state index is 13.0. The highest BCUT2D eigenvalue weighted by molar-refractivity contribution is 7.91. The minimum absolute atomic E-state index is 0.0114. The van der Waals surface area contributed by atoms with E-state index in [9.17, 15) is 13.2 Å². The zero-order chi connectivity index (χ0) is 16.8. The van der Waals surface area contributed by atoms with Crippen LogP contribution < -0.4 is 10.2 Å². The van der Waals surface area contributed by atoms with Gasteiger partial charge in [0.05, 0.1) is 23.6 Å². The van der Waals surface area contributed by atoms with Gasteiger partial charge >= 0.3 is 0 Å². The lowest BCUT2D eigenvalue weighted by molar-refractivity contribution is -0.123. The number of anilines is 1. The van der Waals surface area contributed by atoms with E-state index in [1.165, 1.54) is 0 Å². The van der Waals surface area contributed by atoms with Gasteiger partial charge in [-0.1, -0.05) is 26.0 Å². The second kappa shape index (κ2) is 5.91. The summed E-state index contributed by atoms with van der Waals surface area (Å²) in [7, 11) is -3.11. The van der Waals surface area contributed by atoms with E-state index in [1.807, 2.05) is 31.2 Å². The lowest BCUT2D eigenvalue weighted by Crippen LogP contribution is -2.65. The molecule has 0 aliphatic carbocycles. The summed E-state index contributed by atoms with van der Waals surface area (Å²) in [6, 6.07) is 6.94. The molecule has 1 amide bonds. The van der Waals surface area contributed by atoms with E-state index in [-0.39, 0.29) is 35.5 Å². The molecule has 3 rings (SSSR count). The van der Waals surface area contributed by atoms with E-state index in [0.717, 1.165) is 11.3 Å². The van der Waals surface area contributed by atoms with Gasteiger partial charge in [-0.3, -0.25) is 10.1 Å². The normalized spacial score (nSPS) is 29.8. The van der Waals surface area contributed by atoms with Crippen LogP contribution in [0.25, 0.3) is 0 Å². The Labute approximate surface area is 138 Å². The molecule has 6 heteroatoms. The molecule has 0 saturated carbocycles. The summed E-state index contributed by atoms with van der Waals surface area (Å²) in [5, 5.41) is 3.30. The molecule has 0 unspecified atom stereocenters. The van der Waals surface area contributed by atoms with Gasteiger partial charge < -0.3 is 4.90 Å². The van der Waals surface area contributed by atoms with Crippen LogP contribution in [0.4, 0.5) is 5.69 Å². The largest absolute Gasteiger partial charge is 0.305 e. The Morgan fingerprint density at radius 1 is 1.30 bits per heavy atom.